The third kappa shape index (κ3) is 3.96. The molecular weight excluding hydrogens is 356 g/mol. The van der Waals surface area contributed by atoms with Crippen molar-refractivity contribution < 1.29 is 19.1 Å². The Labute approximate surface area is 164 Å². The second kappa shape index (κ2) is 7.54. The fraction of sp³-hybridized carbons (Fsp3) is 0.364. The number of ether oxygens (including phenoxy) is 2. The van der Waals surface area contributed by atoms with Crippen LogP contribution in [0.5, 0.6) is 11.5 Å². The first kappa shape index (κ1) is 18.3. The van der Waals surface area contributed by atoms with Crippen molar-refractivity contribution in [1.29, 1.82) is 0 Å². The van der Waals surface area contributed by atoms with Gasteiger partial charge in [0.15, 0.2) is 6.10 Å². The number of rotatable bonds is 6. The molecule has 1 aliphatic carbocycles. The van der Waals surface area contributed by atoms with E-state index in [1.807, 2.05) is 37.3 Å². The Balaban J connectivity index is 1.45. The molecule has 0 radical (unpaired) electrons. The van der Waals surface area contributed by atoms with Gasteiger partial charge in [0.1, 0.15) is 18.1 Å². The first-order valence-electron chi connectivity index (χ1n) is 9.63. The summed E-state index contributed by atoms with van der Waals surface area (Å²) in [5, 5.41) is 2.92. The Morgan fingerprint density at radius 1 is 1.21 bits per heavy atom. The van der Waals surface area contributed by atoms with Crippen molar-refractivity contribution in [2.45, 2.75) is 32.8 Å². The molecule has 28 heavy (non-hydrogen) atoms. The predicted molar refractivity (Wildman–Crippen MR) is 107 cm³/mol. The summed E-state index contributed by atoms with van der Waals surface area (Å²) in [5.41, 5.74) is 2.55. The van der Waals surface area contributed by atoms with Crippen LogP contribution in [0.3, 0.4) is 0 Å². The zero-order chi connectivity index (χ0) is 19.7. The molecule has 0 bridgehead atoms. The highest BCUT2D eigenvalue weighted by Crippen LogP contribution is 2.37. The zero-order valence-corrected chi connectivity index (χ0v) is 16.1. The van der Waals surface area contributed by atoms with Gasteiger partial charge in [0, 0.05) is 17.7 Å². The van der Waals surface area contributed by atoms with E-state index in [1.165, 1.54) is 5.56 Å². The van der Waals surface area contributed by atoms with Crippen molar-refractivity contribution in [2.24, 2.45) is 5.92 Å². The molecule has 6 nitrogen and oxygen atoms in total. The number of hydrogen-bond acceptors (Lipinski definition) is 4. The normalized spacial score (nSPS) is 18.3. The fourth-order valence-corrected chi connectivity index (χ4v) is 3.20. The van der Waals surface area contributed by atoms with Crippen molar-refractivity contribution in [2.75, 3.05) is 23.4 Å². The summed E-state index contributed by atoms with van der Waals surface area (Å²) in [6, 6.07) is 13.2. The monoisotopic (exact) mass is 380 g/mol. The van der Waals surface area contributed by atoms with Crippen molar-refractivity contribution in [3.63, 3.8) is 0 Å². The standard InChI is InChI=1S/C22H24N2O4/c1-14-3-8-18(9-4-14)27-12-11-24-19-10-7-17(23-21(25)16-5-6-16)13-20(19)28-15(2)22(24)26/h3-4,7-10,13,15-16H,5-6,11-12H2,1-2H3,(H,23,25). The predicted octanol–water partition coefficient (Wildman–Crippen LogP) is 3.54. The van der Waals surface area contributed by atoms with Gasteiger partial charge in [-0.15, -0.1) is 0 Å². The van der Waals surface area contributed by atoms with Crippen molar-refractivity contribution in [1.82, 2.24) is 0 Å². The number of anilines is 2. The first-order valence-corrected chi connectivity index (χ1v) is 9.63. The van der Waals surface area contributed by atoms with Gasteiger partial charge in [-0.1, -0.05) is 17.7 Å². The molecule has 6 heteroatoms. The number of aryl methyl sites for hydroxylation is 1. The minimum absolute atomic E-state index is 0.0447. The maximum atomic E-state index is 12.6. The van der Waals surface area contributed by atoms with E-state index in [4.69, 9.17) is 9.47 Å². The van der Waals surface area contributed by atoms with Gasteiger partial charge in [-0.3, -0.25) is 9.59 Å². The minimum Gasteiger partial charge on any atom is -0.492 e. The topological polar surface area (TPSA) is 67.9 Å². The highest BCUT2D eigenvalue weighted by atomic mass is 16.5. The molecule has 0 spiro atoms. The second-order valence-electron chi connectivity index (χ2n) is 7.36. The number of nitrogens with zero attached hydrogens (tertiary/aromatic N) is 1. The Bertz CT molecular complexity index is 890. The molecule has 1 N–H and O–H groups in total. The molecule has 1 atom stereocenters. The van der Waals surface area contributed by atoms with Gasteiger partial charge < -0.3 is 19.7 Å². The van der Waals surface area contributed by atoms with Crippen LogP contribution in [0.1, 0.15) is 25.3 Å². The molecule has 146 valence electrons. The fourth-order valence-electron chi connectivity index (χ4n) is 3.20. The molecular formula is C22H24N2O4. The Kier molecular flexibility index (Phi) is 4.94. The number of carbonyl (C=O) groups is 2. The van der Waals surface area contributed by atoms with Crippen LogP contribution in [0.2, 0.25) is 0 Å². The van der Waals surface area contributed by atoms with E-state index in [-0.39, 0.29) is 17.7 Å². The molecule has 0 aromatic heterocycles. The van der Waals surface area contributed by atoms with Gasteiger partial charge in [0.2, 0.25) is 5.91 Å². The van der Waals surface area contributed by atoms with Crippen LogP contribution in [0.15, 0.2) is 42.5 Å². The first-order chi connectivity index (χ1) is 13.5. The molecule has 1 fully saturated rings. The third-order valence-corrected chi connectivity index (χ3v) is 4.99. The van der Waals surface area contributed by atoms with Crippen LogP contribution in [-0.4, -0.2) is 31.1 Å². The molecule has 0 saturated heterocycles. The van der Waals surface area contributed by atoms with Crippen LogP contribution in [0.4, 0.5) is 11.4 Å². The largest absolute Gasteiger partial charge is 0.492 e. The smallest absolute Gasteiger partial charge is 0.267 e. The summed E-state index contributed by atoms with van der Waals surface area (Å²) in [6.45, 7) is 4.55. The average molecular weight is 380 g/mol. The summed E-state index contributed by atoms with van der Waals surface area (Å²) >= 11 is 0. The summed E-state index contributed by atoms with van der Waals surface area (Å²) in [5.74, 6) is 1.44. The highest BCUT2D eigenvalue weighted by molar-refractivity contribution is 6.01. The van der Waals surface area contributed by atoms with Gasteiger partial charge in [-0.25, -0.2) is 0 Å². The zero-order valence-electron chi connectivity index (χ0n) is 16.1. The summed E-state index contributed by atoms with van der Waals surface area (Å²) in [6.07, 6.45) is 1.32. The molecule has 2 aliphatic rings. The van der Waals surface area contributed by atoms with E-state index in [9.17, 15) is 9.59 Å². The lowest BCUT2D eigenvalue weighted by Crippen LogP contribution is -2.46. The van der Waals surface area contributed by atoms with Crippen LogP contribution >= 0.6 is 0 Å². The molecule has 1 saturated carbocycles. The highest BCUT2D eigenvalue weighted by Gasteiger charge is 2.33. The number of hydrogen-bond donors (Lipinski definition) is 1. The molecule has 1 heterocycles. The Morgan fingerprint density at radius 2 is 1.96 bits per heavy atom. The van der Waals surface area contributed by atoms with Crippen molar-refractivity contribution in [3.05, 3.63) is 48.0 Å². The molecule has 2 amide bonds. The van der Waals surface area contributed by atoms with Crippen LogP contribution < -0.4 is 19.7 Å². The molecule has 4 rings (SSSR count). The van der Waals surface area contributed by atoms with Crippen molar-refractivity contribution >= 4 is 23.2 Å². The lowest BCUT2D eigenvalue weighted by molar-refractivity contribution is -0.125. The Hall–Kier alpha value is -3.02. The SMILES string of the molecule is Cc1ccc(OCCN2C(=O)C(C)Oc3cc(NC(=O)C4CC4)ccc32)cc1. The van der Waals surface area contributed by atoms with E-state index in [0.717, 1.165) is 18.6 Å². The number of nitrogens with one attached hydrogen (secondary N) is 1. The van der Waals surface area contributed by atoms with E-state index in [0.29, 0.717) is 30.3 Å². The van der Waals surface area contributed by atoms with E-state index in [1.54, 1.807) is 24.0 Å². The maximum absolute atomic E-state index is 12.6. The van der Waals surface area contributed by atoms with Crippen LogP contribution in [0, 0.1) is 12.8 Å². The van der Waals surface area contributed by atoms with Gasteiger partial charge in [0.25, 0.3) is 5.91 Å². The number of benzene rings is 2. The molecule has 2 aromatic rings. The van der Waals surface area contributed by atoms with Crippen LogP contribution in [0.25, 0.3) is 0 Å². The lowest BCUT2D eigenvalue weighted by atomic mass is 10.1. The minimum atomic E-state index is -0.582. The van der Waals surface area contributed by atoms with E-state index >= 15 is 0 Å². The quantitative estimate of drug-likeness (QED) is 0.832. The number of fused-ring (bicyclic) bond motifs is 1. The van der Waals surface area contributed by atoms with Crippen molar-refractivity contribution in [3.8, 4) is 11.5 Å². The van der Waals surface area contributed by atoms with E-state index in [2.05, 4.69) is 5.32 Å². The lowest BCUT2D eigenvalue weighted by Gasteiger charge is -2.33. The van der Waals surface area contributed by atoms with Gasteiger partial charge in [-0.05, 0) is 51.0 Å². The number of carbonyl (C=O) groups excluding carboxylic acids is 2. The molecule has 1 aliphatic heterocycles. The summed E-state index contributed by atoms with van der Waals surface area (Å²) in [7, 11) is 0. The second-order valence-corrected chi connectivity index (χ2v) is 7.36. The average Bonchev–Trinajstić information content (AvgIpc) is 3.52. The number of amides is 2. The summed E-state index contributed by atoms with van der Waals surface area (Å²) in [4.78, 5) is 26.3. The molecule has 1 unspecified atom stereocenters. The van der Waals surface area contributed by atoms with E-state index < -0.39 is 6.10 Å². The maximum Gasteiger partial charge on any atom is 0.267 e. The van der Waals surface area contributed by atoms with Gasteiger partial charge in [-0.2, -0.15) is 0 Å². The third-order valence-electron chi connectivity index (χ3n) is 4.99. The Morgan fingerprint density at radius 3 is 2.68 bits per heavy atom. The van der Waals surface area contributed by atoms with Crippen LogP contribution in [-0.2, 0) is 9.59 Å². The molecule has 2 aromatic carbocycles. The van der Waals surface area contributed by atoms with Gasteiger partial charge in [0.05, 0.1) is 12.2 Å². The van der Waals surface area contributed by atoms with Gasteiger partial charge >= 0.3 is 0 Å². The summed E-state index contributed by atoms with van der Waals surface area (Å²) < 4.78 is 11.5.